The van der Waals surface area contributed by atoms with Gasteiger partial charge in [-0.1, -0.05) is 13.3 Å². The van der Waals surface area contributed by atoms with Crippen molar-refractivity contribution >= 4 is 5.82 Å². The van der Waals surface area contributed by atoms with Gasteiger partial charge in [-0.3, -0.25) is 0 Å². The summed E-state index contributed by atoms with van der Waals surface area (Å²) < 4.78 is 1.92. The first kappa shape index (κ1) is 11.6. The minimum atomic E-state index is 0.674. The van der Waals surface area contributed by atoms with Crippen molar-refractivity contribution in [2.24, 2.45) is 7.05 Å². The van der Waals surface area contributed by atoms with Gasteiger partial charge in [-0.05, 0) is 6.42 Å². The fourth-order valence-corrected chi connectivity index (χ4v) is 1.69. The van der Waals surface area contributed by atoms with Crippen molar-refractivity contribution in [1.29, 1.82) is 0 Å². The zero-order valence-electron chi connectivity index (χ0n) is 10.4. The van der Waals surface area contributed by atoms with E-state index in [-0.39, 0.29) is 0 Å². The highest BCUT2D eigenvalue weighted by Crippen LogP contribution is 2.16. The summed E-state index contributed by atoms with van der Waals surface area (Å²) in [6, 6.07) is 1.98. The topological polar surface area (TPSA) is 55.6 Å². The minimum Gasteiger partial charge on any atom is -0.373 e. The van der Waals surface area contributed by atoms with E-state index in [2.05, 4.69) is 27.2 Å². The highest BCUT2D eigenvalue weighted by atomic mass is 15.1. The largest absolute Gasteiger partial charge is 0.373 e. The van der Waals surface area contributed by atoms with Gasteiger partial charge in [0.2, 0.25) is 0 Å². The van der Waals surface area contributed by atoms with Gasteiger partial charge in [0.25, 0.3) is 0 Å². The van der Waals surface area contributed by atoms with Gasteiger partial charge >= 0.3 is 0 Å². The number of anilines is 1. The van der Waals surface area contributed by atoms with Crippen LogP contribution in [0.25, 0.3) is 11.6 Å². The summed E-state index contributed by atoms with van der Waals surface area (Å²) in [5, 5.41) is 3.06. The predicted octanol–water partition coefficient (Wildman–Crippen LogP) is 1.87. The Morgan fingerprint density at radius 3 is 2.76 bits per heavy atom. The van der Waals surface area contributed by atoms with E-state index >= 15 is 0 Å². The van der Waals surface area contributed by atoms with Gasteiger partial charge in [0, 0.05) is 38.2 Å². The van der Waals surface area contributed by atoms with Crippen LogP contribution in [0, 0.1) is 0 Å². The first-order valence-electron chi connectivity index (χ1n) is 5.78. The summed E-state index contributed by atoms with van der Waals surface area (Å²) >= 11 is 0. The van der Waals surface area contributed by atoms with Crippen LogP contribution >= 0.6 is 0 Å². The Morgan fingerprint density at radius 2 is 2.18 bits per heavy atom. The molecule has 0 saturated carbocycles. The maximum atomic E-state index is 4.54. The number of aryl methyl sites for hydroxylation is 2. The standard InChI is InChI=1S/C12H17N5/c1-4-5-9-8-10(13-2)16-11(15-9)12-14-6-7-17(12)3/h6-8H,4-5H2,1-3H3,(H,13,15,16). The fourth-order valence-electron chi connectivity index (χ4n) is 1.69. The Labute approximate surface area is 101 Å². The molecule has 2 aromatic heterocycles. The van der Waals surface area contributed by atoms with Crippen LogP contribution in [0.1, 0.15) is 19.0 Å². The summed E-state index contributed by atoms with van der Waals surface area (Å²) in [6.45, 7) is 2.14. The monoisotopic (exact) mass is 231 g/mol. The molecular formula is C12H17N5. The van der Waals surface area contributed by atoms with Gasteiger partial charge in [-0.25, -0.2) is 15.0 Å². The van der Waals surface area contributed by atoms with E-state index in [4.69, 9.17) is 0 Å². The normalized spacial score (nSPS) is 10.5. The van der Waals surface area contributed by atoms with Crippen molar-refractivity contribution in [3.05, 3.63) is 24.2 Å². The highest BCUT2D eigenvalue weighted by molar-refractivity contribution is 5.49. The van der Waals surface area contributed by atoms with Crippen molar-refractivity contribution in [3.63, 3.8) is 0 Å². The lowest BCUT2D eigenvalue weighted by atomic mass is 10.2. The van der Waals surface area contributed by atoms with Crippen molar-refractivity contribution < 1.29 is 0 Å². The zero-order valence-corrected chi connectivity index (χ0v) is 10.4. The molecule has 0 amide bonds. The van der Waals surface area contributed by atoms with Crippen LogP contribution < -0.4 is 5.32 Å². The molecule has 2 heterocycles. The van der Waals surface area contributed by atoms with Gasteiger partial charge < -0.3 is 9.88 Å². The van der Waals surface area contributed by atoms with Crippen LogP contribution in [0.2, 0.25) is 0 Å². The van der Waals surface area contributed by atoms with E-state index in [0.29, 0.717) is 5.82 Å². The lowest BCUT2D eigenvalue weighted by Gasteiger charge is -2.07. The smallest absolute Gasteiger partial charge is 0.198 e. The lowest BCUT2D eigenvalue weighted by molar-refractivity contribution is 0.859. The van der Waals surface area contributed by atoms with Crippen LogP contribution in [-0.2, 0) is 13.5 Å². The Balaban J connectivity index is 2.46. The SMILES string of the molecule is CCCc1cc(NC)nc(-c2nccn2C)n1. The third-order valence-corrected chi connectivity index (χ3v) is 2.56. The number of imidazole rings is 1. The Hall–Kier alpha value is -1.91. The van der Waals surface area contributed by atoms with E-state index in [1.165, 1.54) is 0 Å². The zero-order chi connectivity index (χ0) is 12.3. The fraction of sp³-hybridized carbons (Fsp3) is 0.417. The van der Waals surface area contributed by atoms with Crippen LogP contribution in [0.15, 0.2) is 18.5 Å². The molecule has 2 rings (SSSR count). The lowest BCUT2D eigenvalue weighted by Crippen LogP contribution is -2.03. The summed E-state index contributed by atoms with van der Waals surface area (Å²) in [7, 11) is 3.80. The van der Waals surface area contributed by atoms with E-state index in [1.54, 1.807) is 6.20 Å². The minimum absolute atomic E-state index is 0.674. The van der Waals surface area contributed by atoms with Gasteiger partial charge in [-0.15, -0.1) is 0 Å². The molecule has 5 nitrogen and oxygen atoms in total. The summed E-state index contributed by atoms with van der Waals surface area (Å²) in [5.41, 5.74) is 1.05. The van der Waals surface area contributed by atoms with Crippen LogP contribution in [0.3, 0.4) is 0 Å². The summed E-state index contributed by atoms with van der Waals surface area (Å²) in [6.07, 6.45) is 5.67. The van der Waals surface area contributed by atoms with E-state index < -0.39 is 0 Å². The number of hydrogen-bond acceptors (Lipinski definition) is 4. The number of nitrogens with one attached hydrogen (secondary N) is 1. The summed E-state index contributed by atoms with van der Waals surface area (Å²) in [4.78, 5) is 13.2. The molecule has 0 bridgehead atoms. The average Bonchev–Trinajstić information content (AvgIpc) is 2.75. The molecule has 0 saturated heterocycles. The summed E-state index contributed by atoms with van der Waals surface area (Å²) in [5.74, 6) is 2.30. The van der Waals surface area contributed by atoms with E-state index in [1.807, 2.05) is 30.9 Å². The molecule has 0 spiro atoms. The van der Waals surface area contributed by atoms with Crippen LogP contribution in [0.4, 0.5) is 5.82 Å². The first-order valence-corrected chi connectivity index (χ1v) is 5.78. The van der Waals surface area contributed by atoms with Crippen molar-refractivity contribution in [1.82, 2.24) is 19.5 Å². The van der Waals surface area contributed by atoms with Gasteiger partial charge in [0.15, 0.2) is 11.6 Å². The second kappa shape index (κ2) is 4.95. The number of nitrogens with zero attached hydrogens (tertiary/aromatic N) is 4. The molecule has 0 aliphatic carbocycles. The molecule has 5 heteroatoms. The maximum Gasteiger partial charge on any atom is 0.198 e. The third kappa shape index (κ3) is 2.43. The van der Waals surface area contributed by atoms with Gasteiger partial charge in [-0.2, -0.15) is 0 Å². The molecule has 0 fully saturated rings. The quantitative estimate of drug-likeness (QED) is 0.872. The highest BCUT2D eigenvalue weighted by Gasteiger charge is 2.09. The number of aromatic nitrogens is 4. The molecular weight excluding hydrogens is 214 g/mol. The molecule has 0 aromatic carbocycles. The molecule has 0 unspecified atom stereocenters. The molecule has 1 N–H and O–H groups in total. The molecule has 0 radical (unpaired) electrons. The Bertz CT molecular complexity index is 503. The Kier molecular flexibility index (Phi) is 3.37. The third-order valence-electron chi connectivity index (χ3n) is 2.56. The van der Waals surface area contributed by atoms with E-state index in [9.17, 15) is 0 Å². The number of hydrogen-bond donors (Lipinski definition) is 1. The van der Waals surface area contributed by atoms with E-state index in [0.717, 1.165) is 30.2 Å². The molecule has 0 aliphatic heterocycles. The maximum absolute atomic E-state index is 4.54. The second-order valence-electron chi connectivity index (χ2n) is 3.93. The van der Waals surface area contributed by atoms with Crippen LogP contribution in [0.5, 0.6) is 0 Å². The van der Waals surface area contributed by atoms with Crippen molar-refractivity contribution in [2.75, 3.05) is 12.4 Å². The Morgan fingerprint density at radius 1 is 1.35 bits per heavy atom. The second-order valence-corrected chi connectivity index (χ2v) is 3.93. The van der Waals surface area contributed by atoms with Crippen molar-refractivity contribution in [3.8, 4) is 11.6 Å². The van der Waals surface area contributed by atoms with Crippen molar-refractivity contribution in [2.45, 2.75) is 19.8 Å². The van der Waals surface area contributed by atoms with Gasteiger partial charge in [0.05, 0.1) is 0 Å². The molecule has 0 aliphatic rings. The van der Waals surface area contributed by atoms with Crippen LogP contribution in [-0.4, -0.2) is 26.6 Å². The molecule has 90 valence electrons. The molecule has 2 aromatic rings. The predicted molar refractivity (Wildman–Crippen MR) is 67.8 cm³/mol. The average molecular weight is 231 g/mol. The molecule has 0 atom stereocenters. The first-order chi connectivity index (χ1) is 8.24. The van der Waals surface area contributed by atoms with Gasteiger partial charge in [0.1, 0.15) is 5.82 Å². The number of rotatable bonds is 4. The molecule has 17 heavy (non-hydrogen) atoms.